The van der Waals surface area contributed by atoms with E-state index in [4.69, 9.17) is 5.73 Å². The van der Waals surface area contributed by atoms with Crippen LogP contribution in [0.1, 0.15) is 12.0 Å². The molecule has 0 saturated carbocycles. The Labute approximate surface area is 157 Å². The first-order chi connectivity index (χ1) is 13.0. The molecule has 4 rings (SSSR count). The first-order valence-electron chi connectivity index (χ1n) is 9.05. The van der Waals surface area contributed by atoms with Gasteiger partial charge in [0.2, 0.25) is 5.95 Å². The molecule has 0 radical (unpaired) electrons. The number of aryl methyl sites for hydroxylation is 1. The Kier molecular flexibility index (Phi) is 4.45. The summed E-state index contributed by atoms with van der Waals surface area (Å²) in [6.07, 6.45) is 2.16. The van der Waals surface area contributed by atoms with Crippen molar-refractivity contribution < 1.29 is 10.2 Å². The zero-order valence-electron chi connectivity index (χ0n) is 15.3. The van der Waals surface area contributed by atoms with Gasteiger partial charge in [-0.1, -0.05) is 30.3 Å². The topological polar surface area (TPSA) is 113 Å². The number of fused-ring (bicyclic) bond motifs is 1. The Morgan fingerprint density at radius 1 is 1.26 bits per heavy atom. The molecule has 3 heterocycles. The van der Waals surface area contributed by atoms with Gasteiger partial charge in [-0.3, -0.25) is 4.68 Å². The van der Waals surface area contributed by atoms with Crippen LogP contribution >= 0.6 is 0 Å². The Balaban J connectivity index is 1.68. The molecule has 8 nitrogen and oxygen atoms in total. The van der Waals surface area contributed by atoms with Crippen LogP contribution in [-0.4, -0.2) is 55.8 Å². The molecule has 2 aromatic heterocycles. The lowest BCUT2D eigenvalue weighted by molar-refractivity contribution is -0.0294. The Hall–Kier alpha value is -2.71. The van der Waals surface area contributed by atoms with Crippen molar-refractivity contribution in [1.29, 1.82) is 0 Å². The van der Waals surface area contributed by atoms with Gasteiger partial charge in [0.15, 0.2) is 5.65 Å². The van der Waals surface area contributed by atoms with Gasteiger partial charge in [-0.2, -0.15) is 15.1 Å². The maximum atomic E-state index is 10.7. The molecule has 1 saturated heterocycles. The fourth-order valence-electron chi connectivity index (χ4n) is 3.88. The first-order valence-corrected chi connectivity index (χ1v) is 9.05. The molecule has 0 spiro atoms. The quantitative estimate of drug-likeness (QED) is 0.622. The summed E-state index contributed by atoms with van der Waals surface area (Å²) < 4.78 is 1.67. The van der Waals surface area contributed by atoms with Crippen LogP contribution in [0.2, 0.25) is 0 Å². The second-order valence-electron chi connectivity index (χ2n) is 7.32. The van der Waals surface area contributed by atoms with E-state index in [9.17, 15) is 10.2 Å². The van der Waals surface area contributed by atoms with E-state index in [1.54, 1.807) is 10.9 Å². The van der Waals surface area contributed by atoms with E-state index in [2.05, 4.69) is 15.1 Å². The summed E-state index contributed by atoms with van der Waals surface area (Å²) >= 11 is 0. The molecule has 0 bridgehead atoms. The third kappa shape index (κ3) is 3.11. The van der Waals surface area contributed by atoms with E-state index >= 15 is 0 Å². The summed E-state index contributed by atoms with van der Waals surface area (Å²) in [6, 6.07) is 9.91. The van der Waals surface area contributed by atoms with Crippen LogP contribution in [0.3, 0.4) is 0 Å². The lowest BCUT2D eigenvalue weighted by Gasteiger charge is -2.45. The van der Waals surface area contributed by atoms with Crippen LogP contribution in [0.25, 0.3) is 11.0 Å². The Morgan fingerprint density at radius 2 is 2.04 bits per heavy atom. The molecule has 1 fully saturated rings. The molecule has 2 atom stereocenters. The summed E-state index contributed by atoms with van der Waals surface area (Å²) in [7, 11) is 1.81. The van der Waals surface area contributed by atoms with E-state index < -0.39 is 11.5 Å². The van der Waals surface area contributed by atoms with Gasteiger partial charge in [0, 0.05) is 25.6 Å². The molecule has 8 heteroatoms. The molecular formula is C19H24N6O2. The highest BCUT2D eigenvalue weighted by Gasteiger charge is 2.43. The fraction of sp³-hybridized carbons (Fsp3) is 0.421. The third-order valence-corrected chi connectivity index (χ3v) is 5.49. The smallest absolute Gasteiger partial charge is 0.229 e. The predicted octanol–water partition coefficient (Wildman–Crippen LogP) is 0.738. The molecule has 1 aromatic carbocycles. The normalized spacial score (nSPS) is 23.1. The highest BCUT2D eigenvalue weighted by molar-refractivity contribution is 5.86. The van der Waals surface area contributed by atoms with Gasteiger partial charge in [-0.05, 0) is 18.4 Å². The third-order valence-electron chi connectivity index (χ3n) is 5.49. The van der Waals surface area contributed by atoms with Crippen molar-refractivity contribution >= 4 is 22.8 Å². The van der Waals surface area contributed by atoms with Gasteiger partial charge in [0.1, 0.15) is 5.82 Å². The van der Waals surface area contributed by atoms with Crippen LogP contribution in [0.15, 0.2) is 36.5 Å². The number of rotatable bonds is 4. The van der Waals surface area contributed by atoms with Crippen molar-refractivity contribution in [2.24, 2.45) is 12.5 Å². The highest BCUT2D eigenvalue weighted by atomic mass is 16.3. The summed E-state index contributed by atoms with van der Waals surface area (Å²) in [5.41, 5.74) is 7.16. The first kappa shape index (κ1) is 17.7. The summed E-state index contributed by atoms with van der Waals surface area (Å²) in [4.78, 5) is 11.1. The van der Waals surface area contributed by atoms with Gasteiger partial charge in [0.05, 0.1) is 24.3 Å². The van der Waals surface area contributed by atoms with Crippen molar-refractivity contribution in [3.05, 3.63) is 42.1 Å². The van der Waals surface area contributed by atoms with Gasteiger partial charge in [-0.25, -0.2) is 0 Å². The van der Waals surface area contributed by atoms with Crippen molar-refractivity contribution in [2.45, 2.75) is 18.9 Å². The molecule has 1 aliphatic heterocycles. The van der Waals surface area contributed by atoms with Crippen LogP contribution in [0, 0.1) is 5.41 Å². The van der Waals surface area contributed by atoms with Crippen molar-refractivity contribution in [3.8, 4) is 0 Å². The van der Waals surface area contributed by atoms with Crippen LogP contribution in [0.5, 0.6) is 0 Å². The van der Waals surface area contributed by atoms with Crippen molar-refractivity contribution in [1.82, 2.24) is 19.7 Å². The lowest BCUT2D eigenvalue weighted by atomic mass is 9.73. The molecule has 4 N–H and O–H groups in total. The van der Waals surface area contributed by atoms with Crippen molar-refractivity contribution in [2.75, 3.05) is 30.3 Å². The second kappa shape index (κ2) is 6.79. The number of benzene rings is 1. The zero-order chi connectivity index (χ0) is 19.0. The summed E-state index contributed by atoms with van der Waals surface area (Å²) in [5.74, 6) is 0.883. The number of nitrogens with two attached hydrogens (primary N) is 1. The Morgan fingerprint density at radius 3 is 2.78 bits per heavy atom. The van der Waals surface area contributed by atoms with E-state index in [-0.39, 0.29) is 6.61 Å². The average Bonchev–Trinajstić information content (AvgIpc) is 3.06. The predicted molar refractivity (Wildman–Crippen MR) is 103 cm³/mol. The molecular weight excluding hydrogens is 344 g/mol. The van der Waals surface area contributed by atoms with Crippen LogP contribution in [0.4, 0.5) is 11.8 Å². The minimum atomic E-state index is -0.681. The number of nitrogens with zero attached hydrogens (tertiary/aromatic N) is 5. The minimum Gasteiger partial charge on any atom is -0.396 e. The van der Waals surface area contributed by atoms with Gasteiger partial charge in [0.25, 0.3) is 0 Å². The number of piperidine rings is 1. The maximum Gasteiger partial charge on any atom is 0.229 e. The lowest BCUT2D eigenvalue weighted by Crippen LogP contribution is -2.55. The van der Waals surface area contributed by atoms with E-state index in [0.717, 1.165) is 10.9 Å². The number of anilines is 2. The summed E-state index contributed by atoms with van der Waals surface area (Å²) in [6.45, 7) is 0.922. The number of aliphatic hydroxyl groups is 2. The number of hydrogen-bond acceptors (Lipinski definition) is 7. The highest BCUT2D eigenvalue weighted by Crippen LogP contribution is 2.35. The number of nitrogen functional groups attached to an aromatic ring is 1. The van der Waals surface area contributed by atoms with Crippen LogP contribution in [-0.2, 0) is 13.5 Å². The maximum absolute atomic E-state index is 10.7. The molecule has 0 amide bonds. The van der Waals surface area contributed by atoms with Crippen LogP contribution < -0.4 is 10.6 Å². The minimum absolute atomic E-state index is 0.122. The fourth-order valence-corrected chi connectivity index (χ4v) is 3.88. The van der Waals surface area contributed by atoms with Gasteiger partial charge >= 0.3 is 0 Å². The molecule has 1 aliphatic rings. The Bertz CT molecular complexity index is 944. The number of aliphatic hydroxyl groups excluding tert-OH is 2. The van der Waals surface area contributed by atoms with E-state index in [1.807, 2.05) is 42.3 Å². The molecule has 0 unspecified atom stereocenters. The molecule has 0 aliphatic carbocycles. The zero-order valence-corrected chi connectivity index (χ0v) is 15.3. The van der Waals surface area contributed by atoms with Gasteiger partial charge < -0.3 is 20.8 Å². The molecule has 142 valence electrons. The van der Waals surface area contributed by atoms with E-state index in [1.165, 1.54) is 0 Å². The average molecular weight is 368 g/mol. The summed E-state index contributed by atoms with van der Waals surface area (Å²) in [5, 5.41) is 25.8. The number of aromatic nitrogens is 4. The second-order valence-corrected chi connectivity index (χ2v) is 7.32. The standard InChI is InChI=1S/C19H24N6O2/c1-24-17-14(10-21-24)16(20)22-18(23-17)25-8-7-15(27)19(11-25,12-26)9-13-5-3-2-4-6-13/h2-6,10,15,26-27H,7-9,11-12H2,1H3,(H2,20,22,23)/t15-,19+/m0/s1. The van der Waals surface area contributed by atoms with Crippen molar-refractivity contribution in [3.63, 3.8) is 0 Å². The molecule has 27 heavy (non-hydrogen) atoms. The largest absolute Gasteiger partial charge is 0.396 e. The monoisotopic (exact) mass is 368 g/mol. The van der Waals surface area contributed by atoms with Gasteiger partial charge in [-0.15, -0.1) is 0 Å². The van der Waals surface area contributed by atoms with E-state index in [0.29, 0.717) is 43.3 Å². The molecule has 3 aromatic rings. The SMILES string of the molecule is Cn1ncc2c(N)nc(N3CC[C@H](O)[C@](CO)(Cc4ccccc4)C3)nc21. The number of hydrogen-bond donors (Lipinski definition) is 3.